The number of benzene rings is 2. The highest BCUT2D eigenvalue weighted by Gasteiger charge is 2.17. The number of anilines is 1. The Balaban J connectivity index is 1.95. The van der Waals surface area contributed by atoms with Crippen molar-refractivity contribution in [3.05, 3.63) is 59.2 Å². The Bertz CT molecular complexity index is 799. The molecule has 1 amide bonds. The number of ether oxygens (including phenoxy) is 2. The minimum absolute atomic E-state index is 0.490. The van der Waals surface area contributed by atoms with Crippen LogP contribution in [0.2, 0.25) is 0 Å². The van der Waals surface area contributed by atoms with E-state index in [1.807, 2.05) is 58.0 Å². The third-order valence-corrected chi connectivity index (χ3v) is 3.65. The quantitative estimate of drug-likeness (QED) is 0.836. The Labute approximate surface area is 154 Å². The first-order chi connectivity index (χ1) is 12.3. The largest absolute Gasteiger partial charge is 0.493 e. The molecule has 5 heteroatoms. The number of rotatable bonds is 5. The number of nitrogens with one attached hydrogen (secondary N) is 1. The summed E-state index contributed by atoms with van der Waals surface area (Å²) in [7, 11) is 0. The molecular formula is C21H24N2O3. The maximum Gasteiger partial charge on any atom is 0.412 e. The monoisotopic (exact) mass is 352 g/mol. The van der Waals surface area contributed by atoms with Gasteiger partial charge < -0.3 is 9.47 Å². The Hall–Kier alpha value is -3.00. The van der Waals surface area contributed by atoms with Crippen molar-refractivity contribution in [2.45, 2.75) is 39.7 Å². The van der Waals surface area contributed by atoms with Gasteiger partial charge in [0.05, 0.1) is 23.9 Å². The molecule has 0 fully saturated rings. The Kier molecular flexibility index (Phi) is 6.24. The lowest BCUT2D eigenvalue weighted by atomic mass is 10.1. The number of amides is 1. The molecule has 2 aromatic carbocycles. The summed E-state index contributed by atoms with van der Waals surface area (Å²) in [5.74, 6) is 0.715. The van der Waals surface area contributed by atoms with E-state index in [2.05, 4.69) is 11.4 Å². The first-order valence-corrected chi connectivity index (χ1v) is 8.50. The van der Waals surface area contributed by atoms with Gasteiger partial charge in [0.25, 0.3) is 0 Å². The Morgan fingerprint density at radius 3 is 2.46 bits per heavy atom. The van der Waals surface area contributed by atoms with Gasteiger partial charge in [-0.25, -0.2) is 4.79 Å². The first-order valence-electron chi connectivity index (χ1n) is 8.50. The molecule has 0 aliphatic rings. The van der Waals surface area contributed by atoms with Gasteiger partial charge in [0, 0.05) is 12.0 Å². The molecule has 136 valence electrons. The van der Waals surface area contributed by atoms with Gasteiger partial charge in [0.15, 0.2) is 0 Å². The van der Waals surface area contributed by atoms with E-state index >= 15 is 0 Å². The molecule has 0 aliphatic carbocycles. The van der Waals surface area contributed by atoms with Crippen LogP contribution in [0.3, 0.4) is 0 Å². The van der Waals surface area contributed by atoms with Crippen LogP contribution < -0.4 is 10.1 Å². The molecule has 0 aliphatic heterocycles. The standard InChI is InChI=1S/C21H24N2O3/c1-15-18(23-20(24)26-21(2,3)4)6-5-7-19(15)25-13-12-16-8-10-17(14-22)11-9-16/h5-11H,12-13H2,1-4H3,(H,23,24). The van der Waals surface area contributed by atoms with Crippen molar-refractivity contribution in [3.8, 4) is 11.8 Å². The second-order valence-electron chi connectivity index (χ2n) is 6.96. The number of nitriles is 1. The number of carbonyl (C=O) groups is 1. The topological polar surface area (TPSA) is 71.3 Å². The van der Waals surface area contributed by atoms with Crippen molar-refractivity contribution < 1.29 is 14.3 Å². The highest BCUT2D eigenvalue weighted by Crippen LogP contribution is 2.26. The zero-order valence-corrected chi connectivity index (χ0v) is 15.6. The summed E-state index contributed by atoms with van der Waals surface area (Å²) in [6, 6.07) is 15.1. The van der Waals surface area contributed by atoms with E-state index in [0.717, 1.165) is 17.5 Å². The van der Waals surface area contributed by atoms with Gasteiger partial charge in [-0.1, -0.05) is 18.2 Å². The van der Waals surface area contributed by atoms with Crippen LogP contribution in [-0.4, -0.2) is 18.3 Å². The fourth-order valence-electron chi connectivity index (χ4n) is 2.34. The smallest absolute Gasteiger partial charge is 0.412 e. The van der Waals surface area contributed by atoms with Crippen molar-refractivity contribution in [1.29, 1.82) is 5.26 Å². The maximum absolute atomic E-state index is 11.9. The lowest BCUT2D eigenvalue weighted by Gasteiger charge is -2.20. The van der Waals surface area contributed by atoms with Gasteiger partial charge >= 0.3 is 6.09 Å². The molecule has 1 N–H and O–H groups in total. The second-order valence-corrected chi connectivity index (χ2v) is 6.96. The van der Waals surface area contributed by atoms with E-state index in [0.29, 0.717) is 23.6 Å². The van der Waals surface area contributed by atoms with E-state index in [4.69, 9.17) is 14.7 Å². The fourth-order valence-corrected chi connectivity index (χ4v) is 2.34. The molecule has 0 spiro atoms. The molecule has 0 bridgehead atoms. The van der Waals surface area contributed by atoms with E-state index in [9.17, 15) is 4.79 Å². The van der Waals surface area contributed by atoms with E-state index < -0.39 is 11.7 Å². The molecule has 0 heterocycles. The summed E-state index contributed by atoms with van der Waals surface area (Å²) in [5.41, 5.74) is 2.71. The Morgan fingerprint density at radius 2 is 1.85 bits per heavy atom. The summed E-state index contributed by atoms with van der Waals surface area (Å²) >= 11 is 0. The maximum atomic E-state index is 11.9. The van der Waals surface area contributed by atoms with Gasteiger partial charge in [-0.2, -0.15) is 5.26 Å². The molecule has 5 nitrogen and oxygen atoms in total. The fraction of sp³-hybridized carbons (Fsp3) is 0.333. The van der Waals surface area contributed by atoms with Crippen LogP contribution in [0, 0.1) is 18.3 Å². The SMILES string of the molecule is Cc1c(NC(=O)OC(C)(C)C)cccc1OCCc1ccc(C#N)cc1. The second kappa shape index (κ2) is 8.39. The Morgan fingerprint density at radius 1 is 1.15 bits per heavy atom. The molecule has 2 aromatic rings. The predicted octanol–water partition coefficient (Wildman–Crippen LogP) is 4.84. The van der Waals surface area contributed by atoms with Crippen molar-refractivity contribution in [2.24, 2.45) is 0 Å². The summed E-state index contributed by atoms with van der Waals surface area (Å²) in [6.45, 7) is 7.86. The van der Waals surface area contributed by atoms with Crippen LogP contribution in [0.5, 0.6) is 5.75 Å². The third kappa shape index (κ3) is 5.82. The molecule has 0 saturated carbocycles. The molecule has 2 rings (SSSR count). The molecule has 0 atom stereocenters. The van der Waals surface area contributed by atoms with E-state index in [1.165, 1.54) is 0 Å². The zero-order chi connectivity index (χ0) is 19.2. The van der Waals surface area contributed by atoms with Crippen LogP contribution >= 0.6 is 0 Å². The van der Waals surface area contributed by atoms with Crippen molar-refractivity contribution in [1.82, 2.24) is 0 Å². The van der Waals surface area contributed by atoms with Gasteiger partial charge in [-0.15, -0.1) is 0 Å². The van der Waals surface area contributed by atoms with Crippen molar-refractivity contribution in [3.63, 3.8) is 0 Å². The van der Waals surface area contributed by atoms with E-state index in [1.54, 1.807) is 12.1 Å². The summed E-state index contributed by atoms with van der Waals surface area (Å²) in [6.07, 6.45) is 0.241. The molecule has 0 unspecified atom stereocenters. The lowest BCUT2D eigenvalue weighted by molar-refractivity contribution is 0.0636. The van der Waals surface area contributed by atoms with Crippen molar-refractivity contribution in [2.75, 3.05) is 11.9 Å². The van der Waals surface area contributed by atoms with Crippen LogP contribution in [0.1, 0.15) is 37.5 Å². The molecule has 0 aromatic heterocycles. The third-order valence-electron chi connectivity index (χ3n) is 3.65. The first kappa shape index (κ1) is 19.3. The highest BCUT2D eigenvalue weighted by atomic mass is 16.6. The normalized spacial score (nSPS) is 10.7. The van der Waals surface area contributed by atoms with Gasteiger partial charge in [0.1, 0.15) is 11.4 Å². The van der Waals surface area contributed by atoms with Crippen molar-refractivity contribution >= 4 is 11.8 Å². The number of nitrogens with zero attached hydrogens (tertiary/aromatic N) is 1. The molecule has 0 radical (unpaired) electrons. The summed E-state index contributed by atoms with van der Waals surface area (Å²) in [5, 5.41) is 11.6. The average Bonchev–Trinajstić information content (AvgIpc) is 2.57. The predicted molar refractivity (Wildman–Crippen MR) is 101 cm³/mol. The molecular weight excluding hydrogens is 328 g/mol. The van der Waals surface area contributed by atoms with Gasteiger partial charge in [0.2, 0.25) is 0 Å². The number of hydrogen-bond acceptors (Lipinski definition) is 4. The zero-order valence-electron chi connectivity index (χ0n) is 15.6. The van der Waals surface area contributed by atoms with Gasteiger partial charge in [-0.05, 0) is 57.5 Å². The minimum Gasteiger partial charge on any atom is -0.493 e. The minimum atomic E-state index is -0.548. The summed E-state index contributed by atoms with van der Waals surface area (Å²) in [4.78, 5) is 11.9. The summed E-state index contributed by atoms with van der Waals surface area (Å²) < 4.78 is 11.1. The average molecular weight is 352 g/mol. The number of hydrogen-bond donors (Lipinski definition) is 1. The van der Waals surface area contributed by atoms with Crippen LogP contribution in [-0.2, 0) is 11.2 Å². The number of carbonyl (C=O) groups excluding carboxylic acids is 1. The van der Waals surface area contributed by atoms with E-state index in [-0.39, 0.29) is 0 Å². The van der Waals surface area contributed by atoms with Gasteiger partial charge in [-0.3, -0.25) is 5.32 Å². The molecule has 26 heavy (non-hydrogen) atoms. The lowest BCUT2D eigenvalue weighted by Crippen LogP contribution is -2.27. The highest BCUT2D eigenvalue weighted by molar-refractivity contribution is 5.86. The van der Waals surface area contributed by atoms with Crippen LogP contribution in [0.25, 0.3) is 0 Å². The molecule has 0 saturated heterocycles. The van der Waals surface area contributed by atoms with Crippen LogP contribution in [0.15, 0.2) is 42.5 Å². The van der Waals surface area contributed by atoms with Crippen LogP contribution in [0.4, 0.5) is 10.5 Å².